The number of nitrogens with zero attached hydrogens (tertiary/aromatic N) is 3. The molecule has 0 aliphatic rings. The quantitative estimate of drug-likeness (QED) is 0.680. The number of carbonyl (C=O) groups excluding carboxylic acids is 1. The Hall–Kier alpha value is -1.36. The lowest BCUT2D eigenvalue weighted by Crippen LogP contribution is -2.29. The van der Waals surface area contributed by atoms with Gasteiger partial charge in [0.25, 0.3) is 0 Å². The number of amides is 1. The van der Waals surface area contributed by atoms with Crippen molar-refractivity contribution in [3.05, 3.63) is 18.7 Å². The van der Waals surface area contributed by atoms with Crippen molar-refractivity contribution < 1.29 is 4.79 Å². The standard InChI is InChI=1S/C11H20N4O/c1-12-5-3-7-14(2)11(16)4-8-15-9-6-13-10-15/h6,9-10,12H,3-5,7-8H2,1-2H3. The minimum atomic E-state index is 0.185. The van der Waals surface area contributed by atoms with Gasteiger partial charge >= 0.3 is 0 Å². The van der Waals surface area contributed by atoms with E-state index in [4.69, 9.17) is 0 Å². The van der Waals surface area contributed by atoms with E-state index in [2.05, 4.69) is 10.3 Å². The van der Waals surface area contributed by atoms with E-state index < -0.39 is 0 Å². The number of aryl methyl sites for hydroxylation is 1. The van der Waals surface area contributed by atoms with Crippen molar-refractivity contribution in [2.45, 2.75) is 19.4 Å². The molecule has 0 aliphatic carbocycles. The second-order valence-electron chi connectivity index (χ2n) is 3.82. The third-order valence-electron chi connectivity index (χ3n) is 2.49. The first-order valence-electron chi connectivity index (χ1n) is 5.58. The molecule has 0 saturated carbocycles. The molecule has 1 rings (SSSR count). The molecule has 0 aromatic carbocycles. The minimum absolute atomic E-state index is 0.185. The summed E-state index contributed by atoms with van der Waals surface area (Å²) in [5, 5.41) is 3.07. The van der Waals surface area contributed by atoms with E-state index in [1.165, 1.54) is 0 Å². The van der Waals surface area contributed by atoms with E-state index in [1.54, 1.807) is 17.4 Å². The van der Waals surface area contributed by atoms with Crippen LogP contribution in [0.1, 0.15) is 12.8 Å². The number of rotatable bonds is 7. The number of hydrogen-bond donors (Lipinski definition) is 1. The highest BCUT2D eigenvalue weighted by molar-refractivity contribution is 5.75. The molecule has 0 aliphatic heterocycles. The van der Waals surface area contributed by atoms with Gasteiger partial charge in [0, 0.05) is 39.0 Å². The first-order valence-corrected chi connectivity index (χ1v) is 5.58. The zero-order valence-corrected chi connectivity index (χ0v) is 10.0. The molecule has 16 heavy (non-hydrogen) atoms. The van der Waals surface area contributed by atoms with E-state index in [0.717, 1.165) is 19.5 Å². The summed E-state index contributed by atoms with van der Waals surface area (Å²) in [6.45, 7) is 2.46. The normalized spacial score (nSPS) is 10.4. The van der Waals surface area contributed by atoms with E-state index in [0.29, 0.717) is 13.0 Å². The van der Waals surface area contributed by atoms with E-state index in [-0.39, 0.29) is 5.91 Å². The van der Waals surface area contributed by atoms with Crippen LogP contribution in [0.2, 0.25) is 0 Å². The second-order valence-corrected chi connectivity index (χ2v) is 3.82. The first-order chi connectivity index (χ1) is 7.74. The molecular formula is C11H20N4O. The summed E-state index contributed by atoms with van der Waals surface area (Å²) in [7, 11) is 3.77. The Morgan fingerprint density at radius 2 is 2.38 bits per heavy atom. The van der Waals surface area contributed by atoms with Crippen LogP contribution >= 0.6 is 0 Å². The maximum Gasteiger partial charge on any atom is 0.224 e. The van der Waals surface area contributed by atoms with Crippen molar-refractivity contribution in [2.24, 2.45) is 0 Å². The van der Waals surface area contributed by atoms with Gasteiger partial charge in [-0.3, -0.25) is 4.79 Å². The molecule has 1 N–H and O–H groups in total. The fourth-order valence-electron chi connectivity index (χ4n) is 1.45. The number of carbonyl (C=O) groups is 1. The van der Waals surface area contributed by atoms with Crippen molar-refractivity contribution in [2.75, 3.05) is 27.2 Å². The molecule has 0 radical (unpaired) electrons. The second kappa shape index (κ2) is 7.00. The smallest absolute Gasteiger partial charge is 0.224 e. The molecule has 1 amide bonds. The van der Waals surface area contributed by atoms with Gasteiger partial charge in [0.15, 0.2) is 0 Å². The highest BCUT2D eigenvalue weighted by Crippen LogP contribution is 1.96. The van der Waals surface area contributed by atoms with Crippen molar-refractivity contribution in [3.63, 3.8) is 0 Å². The van der Waals surface area contributed by atoms with Crippen LogP contribution in [0, 0.1) is 0 Å². The van der Waals surface area contributed by atoms with Crippen LogP contribution in [-0.4, -0.2) is 47.5 Å². The highest BCUT2D eigenvalue weighted by atomic mass is 16.2. The predicted molar refractivity (Wildman–Crippen MR) is 63.0 cm³/mol. The fourth-order valence-corrected chi connectivity index (χ4v) is 1.45. The number of hydrogen-bond acceptors (Lipinski definition) is 3. The molecule has 0 atom stereocenters. The summed E-state index contributed by atoms with van der Waals surface area (Å²) in [5.74, 6) is 0.185. The summed E-state index contributed by atoms with van der Waals surface area (Å²) in [5.41, 5.74) is 0. The Labute approximate surface area is 96.5 Å². The Balaban J connectivity index is 2.18. The highest BCUT2D eigenvalue weighted by Gasteiger charge is 2.07. The largest absolute Gasteiger partial charge is 0.346 e. The van der Waals surface area contributed by atoms with Gasteiger partial charge < -0.3 is 14.8 Å². The lowest BCUT2D eigenvalue weighted by molar-refractivity contribution is -0.130. The van der Waals surface area contributed by atoms with Crippen molar-refractivity contribution in [1.82, 2.24) is 19.8 Å². The molecule has 90 valence electrons. The van der Waals surface area contributed by atoms with Gasteiger partial charge in [-0.05, 0) is 20.0 Å². The Kier molecular flexibility index (Phi) is 5.56. The molecular weight excluding hydrogens is 204 g/mol. The Morgan fingerprint density at radius 1 is 1.56 bits per heavy atom. The molecule has 0 saturated heterocycles. The first kappa shape index (κ1) is 12.7. The Morgan fingerprint density at radius 3 is 3.00 bits per heavy atom. The number of nitrogens with one attached hydrogen (secondary N) is 1. The van der Waals surface area contributed by atoms with Crippen molar-refractivity contribution >= 4 is 5.91 Å². The molecule has 0 bridgehead atoms. The topological polar surface area (TPSA) is 50.2 Å². The molecule has 0 fully saturated rings. The summed E-state index contributed by atoms with van der Waals surface area (Å²) in [6, 6.07) is 0. The summed E-state index contributed by atoms with van der Waals surface area (Å²) in [6.07, 6.45) is 6.85. The lowest BCUT2D eigenvalue weighted by atomic mass is 10.3. The zero-order valence-electron chi connectivity index (χ0n) is 10.0. The van der Waals surface area contributed by atoms with Gasteiger partial charge in [-0.15, -0.1) is 0 Å². The maximum atomic E-state index is 11.7. The van der Waals surface area contributed by atoms with Crippen molar-refractivity contribution in [1.29, 1.82) is 0 Å². The summed E-state index contributed by atoms with van der Waals surface area (Å²) in [4.78, 5) is 17.4. The molecule has 0 spiro atoms. The van der Waals surface area contributed by atoms with Crippen LogP contribution in [0.4, 0.5) is 0 Å². The third-order valence-corrected chi connectivity index (χ3v) is 2.49. The van der Waals surface area contributed by atoms with Gasteiger partial charge in [-0.25, -0.2) is 4.98 Å². The Bertz CT molecular complexity index is 297. The molecule has 5 heteroatoms. The van der Waals surface area contributed by atoms with Gasteiger partial charge in [-0.1, -0.05) is 0 Å². The van der Waals surface area contributed by atoms with Gasteiger partial charge in [0.2, 0.25) is 5.91 Å². The third kappa shape index (κ3) is 4.44. The fraction of sp³-hybridized carbons (Fsp3) is 0.636. The number of imidazole rings is 1. The minimum Gasteiger partial charge on any atom is -0.346 e. The van der Waals surface area contributed by atoms with E-state index in [1.807, 2.05) is 24.9 Å². The van der Waals surface area contributed by atoms with Crippen LogP contribution in [0.5, 0.6) is 0 Å². The SMILES string of the molecule is CNCCCN(C)C(=O)CCn1ccnc1. The average Bonchev–Trinajstić information content (AvgIpc) is 2.79. The molecule has 1 heterocycles. The lowest BCUT2D eigenvalue weighted by Gasteiger charge is -2.17. The molecule has 1 aromatic rings. The van der Waals surface area contributed by atoms with Crippen LogP contribution in [0.3, 0.4) is 0 Å². The van der Waals surface area contributed by atoms with Gasteiger partial charge in [0.05, 0.1) is 6.33 Å². The average molecular weight is 224 g/mol. The van der Waals surface area contributed by atoms with E-state index in [9.17, 15) is 4.79 Å². The van der Waals surface area contributed by atoms with Crippen molar-refractivity contribution in [3.8, 4) is 0 Å². The van der Waals surface area contributed by atoms with Gasteiger partial charge in [-0.2, -0.15) is 0 Å². The molecule has 5 nitrogen and oxygen atoms in total. The molecule has 1 aromatic heterocycles. The van der Waals surface area contributed by atoms with Gasteiger partial charge in [0.1, 0.15) is 0 Å². The molecule has 0 unspecified atom stereocenters. The monoisotopic (exact) mass is 224 g/mol. The summed E-state index contributed by atoms with van der Waals surface area (Å²) >= 11 is 0. The zero-order chi connectivity index (χ0) is 11.8. The number of aromatic nitrogens is 2. The van der Waals surface area contributed by atoms with Crippen LogP contribution in [0.25, 0.3) is 0 Å². The predicted octanol–water partition coefficient (Wildman–Crippen LogP) is 0.341. The summed E-state index contributed by atoms with van der Waals surface area (Å²) < 4.78 is 1.92. The van der Waals surface area contributed by atoms with E-state index >= 15 is 0 Å². The van der Waals surface area contributed by atoms with Crippen LogP contribution < -0.4 is 5.32 Å². The van der Waals surface area contributed by atoms with Crippen LogP contribution in [0.15, 0.2) is 18.7 Å². The maximum absolute atomic E-state index is 11.7. The van der Waals surface area contributed by atoms with Crippen LogP contribution in [-0.2, 0) is 11.3 Å².